The van der Waals surface area contributed by atoms with Crippen molar-refractivity contribution >= 4 is 5.78 Å². The number of rotatable bonds is 3. The highest BCUT2D eigenvalue weighted by Gasteiger charge is 2.39. The van der Waals surface area contributed by atoms with Crippen LogP contribution in [0.25, 0.3) is 0 Å². The van der Waals surface area contributed by atoms with Gasteiger partial charge >= 0.3 is 0 Å². The zero-order valence-electron chi connectivity index (χ0n) is 11.4. The van der Waals surface area contributed by atoms with Crippen molar-refractivity contribution in [2.75, 3.05) is 0 Å². The van der Waals surface area contributed by atoms with Gasteiger partial charge in [0.2, 0.25) is 0 Å². The van der Waals surface area contributed by atoms with E-state index in [2.05, 4.69) is 12.1 Å². The first-order valence-electron chi connectivity index (χ1n) is 6.90. The zero-order valence-corrected chi connectivity index (χ0v) is 11.4. The number of benzene rings is 1. The van der Waals surface area contributed by atoms with Crippen LogP contribution in [0.4, 0.5) is 0 Å². The standard InChI is InChI=1S/C17H22O/c1-14(2)13-16(18)17(11-7-4-8-12-17)15-9-5-3-6-10-15/h3,5-6,9-10,13H,4,7-8,11-12H2,1-2H3. The molecule has 0 saturated heterocycles. The Morgan fingerprint density at radius 2 is 1.67 bits per heavy atom. The smallest absolute Gasteiger partial charge is 0.166 e. The fourth-order valence-corrected chi connectivity index (χ4v) is 2.99. The molecule has 1 saturated carbocycles. The van der Waals surface area contributed by atoms with Crippen LogP contribution in [-0.4, -0.2) is 5.78 Å². The van der Waals surface area contributed by atoms with Gasteiger partial charge in [-0.15, -0.1) is 0 Å². The van der Waals surface area contributed by atoms with E-state index in [0.29, 0.717) is 5.78 Å². The first-order valence-corrected chi connectivity index (χ1v) is 6.90. The molecule has 18 heavy (non-hydrogen) atoms. The quantitative estimate of drug-likeness (QED) is 0.717. The van der Waals surface area contributed by atoms with E-state index in [1.807, 2.05) is 38.1 Å². The summed E-state index contributed by atoms with van der Waals surface area (Å²) >= 11 is 0. The lowest BCUT2D eigenvalue weighted by Crippen LogP contribution is -2.37. The van der Waals surface area contributed by atoms with E-state index in [0.717, 1.165) is 31.3 Å². The van der Waals surface area contributed by atoms with Gasteiger partial charge in [0.1, 0.15) is 0 Å². The van der Waals surface area contributed by atoms with Crippen LogP contribution in [-0.2, 0) is 10.2 Å². The maximum absolute atomic E-state index is 12.7. The van der Waals surface area contributed by atoms with Crippen molar-refractivity contribution in [2.24, 2.45) is 0 Å². The molecule has 0 heterocycles. The molecule has 0 atom stereocenters. The van der Waals surface area contributed by atoms with Crippen molar-refractivity contribution in [3.05, 3.63) is 47.5 Å². The van der Waals surface area contributed by atoms with E-state index in [4.69, 9.17) is 0 Å². The van der Waals surface area contributed by atoms with Crippen LogP contribution >= 0.6 is 0 Å². The molecule has 2 rings (SSSR count). The average Bonchev–Trinajstić information content (AvgIpc) is 2.40. The largest absolute Gasteiger partial charge is 0.294 e. The van der Waals surface area contributed by atoms with E-state index in [1.165, 1.54) is 12.0 Å². The summed E-state index contributed by atoms with van der Waals surface area (Å²) in [6, 6.07) is 10.3. The van der Waals surface area contributed by atoms with Crippen LogP contribution in [0, 0.1) is 0 Å². The molecule has 0 aromatic heterocycles. The molecule has 96 valence electrons. The number of hydrogen-bond donors (Lipinski definition) is 0. The Morgan fingerprint density at radius 3 is 2.22 bits per heavy atom. The van der Waals surface area contributed by atoms with Crippen LogP contribution < -0.4 is 0 Å². The summed E-state index contributed by atoms with van der Waals surface area (Å²) in [6.45, 7) is 4.00. The number of ketones is 1. The molecule has 0 unspecified atom stereocenters. The molecule has 0 N–H and O–H groups in total. The maximum atomic E-state index is 12.7. The molecular formula is C17H22O. The summed E-state index contributed by atoms with van der Waals surface area (Å²) in [5, 5.41) is 0. The number of hydrogen-bond acceptors (Lipinski definition) is 1. The van der Waals surface area contributed by atoms with Gasteiger partial charge in [-0.05, 0) is 38.3 Å². The third-order valence-electron chi connectivity index (χ3n) is 3.92. The molecule has 0 radical (unpaired) electrons. The summed E-state index contributed by atoms with van der Waals surface area (Å²) < 4.78 is 0. The van der Waals surface area contributed by atoms with E-state index in [-0.39, 0.29) is 5.41 Å². The van der Waals surface area contributed by atoms with Crippen LogP contribution in [0.1, 0.15) is 51.5 Å². The minimum absolute atomic E-state index is 0.253. The minimum Gasteiger partial charge on any atom is -0.294 e. The molecule has 0 aliphatic heterocycles. The fraction of sp³-hybridized carbons (Fsp3) is 0.471. The molecule has 1 aromatic rings. The number of allylic oxidation sites excluding steroid dienone is 2. The Labute approximate surface area is 110 Å². The lowest BCUT2D eigenvalue weighted by Gasteiger charge is -2.35. The van der Waals surface area contributed by atoms with E-state index in [9.17, 15) is 4.79 Å². The second kappa shape index (κ2) is 5.51. The topological polar surface area (TPSA) is 17.1 Å². The van der Waals surface area contributed by atoms with E-state index < -0.39 is 0 Å². The molecule has 1 aliphatic rings. The Hall–Kier alpha value is -1.37. The predicted octanol–water partition coefficient (Wildman–Crippen LogP) is 4.42. The van der Waals surface area contributed by atoms with Crippen LogP contribution in [0.3, 0.4) is 0 Å². The van der Waals surface area contributed by atoms with Crippen molar-refractivity contribution in [3.63, 3.8) is 0 Å². The van der Waals surface area contributed by atoms with Gasteiger partial charge in [0, 0.05) is 0 Å². The van der Waals surface area contributed by atoms with Gasteiger partial charge in [-0.25, -0.2) is 0 Å². The monoisotopic (exact) mass is 242 g/mol. The third-order valence-corrected chi connectivity index (χ3v) is 3.92. The molecule has 0 spiro atoms. The summed E-state index contributed by atoms with van der Waals surface area (Å²) in [6.07, 6.45) is 7.42. The second-order valence-corrected chi connectivity index (χ2v) is 5.59. The lowest BCUT2D eigenvalue weighted by molar-refractivity contribution is -0.121. The highest BCUT2D eigenvalue weighted by Crippen LogP contribution is 2.40. The molecule has 1 heteroatoms. The molecule has 0 amide bonds. The van der Waals surface area contributed by atoms with Gasteiger partial charge in [-0.1, -0.05) is 55.2 Å². The van der Waals surface area contributed by atoms with Gasteiger partial charge in [0.05, 0.1) is 5.41 Å². The van der Waals surface area contributed by atoms with E-state index >= 15 is 0 Å². The average molecular weight is 242 g/mol. The Bertz CT molecular complexity index is 432. The van der Waals surface area contributed by atoms with Crippen molar-refractivity contribution in [1.29, 1.82) is 0 Å². The van der Waals surface area contributed by atoms with Gasteiger partial charge < -0.3 is 0 Å². The Kier molecular flexibility index (Phi) is 4.00. The van der Waals surface area contributed by atoms with Gasteiger partial charge in [-0.2, -0.15) is 0 Å². The molecule has 1 nitrogen and oxygen atoms in total. The highest BCUT2D eigenvalue weighted by molar-refractivity contribution is 5.99. The number of carbonyl (C=O) groups excluding carboxylic acids is 1. The Balaban J connectivity index is 2.41. The summed E-state index contributed by atoms with van der Waals surface area (Å²) in [5.74, 6) is 0.299. The van der Waals surface area contributed by atoms with Crippen molar-refractivity contribution in [1.82, 2.24) is 0 Å². The number of carbonyl (C=O) groups is 1. The molecule has 1 aliphatic carbocycles. The van der Waals surface area contributed by atoms with Crippen LogP contribution in [0.5, 0.6) is 0 Å². The van der Waals surface area contributed by atoms with Gasteiger partial charge in [0.25, 0.3) is 0 Å². The SMILES string of the molecule is CC(C)=CC(=O)C1(c2ccccc2)CCCCC1. The fourth-order valence-electron chi connectivity index (χ4n) is 2.99. The Morgan fingerprint density at radius 1 is 1.06 bits per heavy atom. The summed E-state index contributed by atoms with van der Waals surface area (Å²) in [7, 11) is 0. The summed E-state index contributed by atoms with van der Waals surface area (Å²) in [5.41, 5.74) is 2.05. The van der Waals surface area contributed by atoms with Crippen molar-refractivity contribution < 1.29 is 4.79 Å². The minimum atomic E-state index is -0.253. The molecular weight excluding hydrogens is 220 g/mol. The second-order valence-electron chi connectivity index (χ2n) is 5.59. The first kappa shape index (κ1) is 13.1. The van der Waals surface area contributed by atoms with Crippen LogP contribution in [0.15, 0.2) is 42.0 Å². The predicted molar refractivity (Wildman–Crippen MR) is 75.6 cm³/mol. The highest BCUT2D eigenvalue weighted by atomic mass is 16.1. The molecule has 1 fully saturated rings. The lowest BCUT2D eigenvalue weighted by atomic mass is 9.66. The van der Waals surface area contributed by atoms with Gasteiger partial charge in [-0.3, -0.25) is 4.79 Å². The van der Waals surface area contributed by atoms with Crippen molar-refractivity contribution in [2.45, 2.75) is 51.4 Å². The maximum Gasteiger partial charge on any atom is 0.166 e. The normalized spacial score (nSPS) is 18.1. The van der Waals surface area contributed by atoms with Crippen molar-refractivity contribution in [3.8, 4) is 0 Å². The first-order chi connectivity index (χ1) is 8.65. The molecule has 1 aromatic carbocycles. The summed E-state index contributed by atoms with van der Waals surface area (Å²) in [4.78, 5) is 12.7. The molecule has 0 bridgehead atoms. The van der Waals surface area contributed by atoms with Crippen LogP contribution in [0.2, 0.25) is 0 Å². The van der Waals surface area contributed by atoms with Gasteiger partial charge in [0.15, 0.2) is 5.78 Å². The third kappa shape index (κ3) is 2.55. The van der Waals surface area contributed by atoms with E-state index in [1.54, 1.807) is 0 Å². The zero-order chi connectivity index (χ0) is 13.0.